The number of ether oxygens (including phenoxy) is 1. The number of rotatable bonds is 4. The first-order valence-electron chi connectivity index (χ1n) is 7.42. The predicted octanol–water partition coefficient (Wildman–Crippen LogP) is 2.15. The molecule has 3 rings (SSSR count). The van der Waals surface area contributed by atoms with E-state index in [9.17, 15) is 9.59 Å². The van der Waals surface area contributed by atoms with Gasteiger partial charge in [0.2, 0.25) is 5.91 Å². The minimum absolute atomic E-state index is 0.0273. The number of nitrogens with zero attached hydrogens (tertiary/aromatic N) is 1. The molecule has 0 aromatic heterocycles. The second-order valence-corrected chi connectivity index (χ2v) is 6.24. The molecule has 0 spiro atoms. The van der Waals surface area contributed by atoms with Gasteiger partial charge in [0.15, 0.2) is 0 Å². The van der Waals surface area contributed by atoms with Crippen LogP contribution in [-0.2, 0) is 14.3 Å². The van der Waals surface area contributed by atoms with Crippen molar-refractivity contribution in [2.45, 2.75) is 24.8 Å². The van der Waals surface area contributed by atoms with Gasteiger partial charge in [0.25, 0.3) is 0 Å². The normalized spacial score (nSPS) is 27.5. The van der Waals surface area contributed by atoms with E-state index >= 15 is 0 Å². The number of carbonyl (C=O) groups excluding carboxylic acids is 1. The molecular formula is C16H18ClNO4. The zero-order chi connectivity index (χ0) is 15.7. The van der Waals surface area contributed by atoms with Gasteiger partial charge in [0.1, 0.15) is 0 Å². The van der Waals surface area contributed by atoms with E-state index in [0.717, 1.165) is 12.0 Å². The summed E-state index contributed by atoms with van der Waals surface area (Å²) in [5, 5.41) is 9.66. The number of carbonyl (C=O) groups is 2. The Bertz CT molecular complexity index is 591. The molecule has 1 aromatic rings. The van der Waals surface area contributed by atoms with E-state index in [2.05, 4.69) is 0 Å². The number of hydrogen-bond donors (Lipinski definition) is 1. The fourth-order valence-corrected chi connectivity index (χ4v) is 3.39. The fourth-order valence-electron chi connectivity index (χ4n) is 3.12. The third-order valence-corrected chi connectivity index (χ3v) is 4.68. The van der Waals surface area contributed by atoms with Gasteiger partial charge in [-0.15, -0.1) is 0 Å². The average Bonchev–Trinajstić information content (AvgIpc) is 3.27. The summed E-state index contributed by atoms with van der Waals surface area (Å²) in [6, 6.07) is 7.21. The van der Waals surface area contributed by atoms with Crippen LogP contribution in [0.15, 0.2) is 24.3 Å². The first kappa shape index (κ1) is 15.3. The molecule has 1 saturated heterocycles. The number of carboxylic acid groups (broad SMARTS) is 1. The Hall–Kier alpha value is -1.59. The summed E-state index contributed by atoms with van der Waals surface area (Å²) in [7, 11) is 0. The molecule has 3 unspecified atom stereocenters. The van der Waals surface area contributed by atoms with E-state index in [1.54, 1.807) is 4.90 Å². The molecule has 1 aliphatic heterocycles. The van der Waals surface area contributed by atoms with E-state index in [0.29, 0.717) is 24.8 Å². The van der Waals surface area contributed by atoms with Gasteiger partial charge in [-0.3, -0.25) is 9.59 Å². The zero-order valence-corrected chi connectivity index (χ0v) is 12.8. The molecular weight excluding hydrogens is 306 g/mol. The minimum Gasteiger partial charge on any atom is -0.481 e. The Kier molecular flexibility index (Phi) is 4.36. The zero-order valence-electron chi connectivity index (χ0n) is 12.1. The smallest absolute Gasteiger partial charge is 0.305 e. The summed E-state index contributed by atoms with van der Waals surface area (Å²) in [6.45, 7) is 1.22. The van der Waals surface area contributed by atoms with E-state index in [1.165, 1.54) is 0 Å². The summed E-state index contributed by atoms with van der Waals surface area (Å²) < 4.78 is 5.32. The predicted molar refractivity (Wildman–Crippen MR) is 80.9 cm³/mol. The molecule has 1 aromatic carbocycles. The third-order valence-electron chi connectivity index (χ3n) is 4.33. The lowest BCUT2D eigenvalue weighted by molar-refractivity contribution is -0.147. The number of carboxylic acids is 1. The van der Waals surface area contributed by atoms with Crippen LogP contribution in [0.4, 0.5) is 0 Å². The molecule has 6 heteroatoms. The van der Waals surface area contributed by atoms with Gasteiger partial charge in [-0.25, -0.2) is 0 Å². The quantitative estimate of drug-likeness (QED) is 0.922. The summed E-state index contributed by atoms with van der Waals surface area (Å²) in [4.78, 5) is 25.3. The molecule has 3 atom stereocenters. The maximum Gasteiger partial charge on any atom is 0.305 e. The maximum absolute atomic E-state index is 12.7. The highest BCUT2D eigenvalue weighted by Gasteiger charge is 2.48. The van der Waals surface area contributed by atoms with Crippen molar-refractivity contribution in [3.63, 3.8) is 0 Å². The van der Waals surface area contributed by atoms with Crippen molar-refractivity contribution < 1.29 is 19.4 Å². The molecule has 0 radical (unpaired) electrons. The molecule has 1 saturated carbocycles. The van der Waals surface area contributed by atoms with Gasteiger partial charge < -0.3 is 14.7 Å². The largest absolute Gasteiger partial charge is 0.481 e. The summed E-state index contributed by atoms with van der Waals surface area (Å²) in [5.41, 5.74) is 1.01. The van der Waals surface area contributed by atoms with Crippen molar-refractivity contribution in [3.8, 4) is 0 Å². The van der Waals surface area contributed by atoms with Crippen LogP contribution in [0.1, 0.15) is 24.3 Å². The molecule has 1 heterocycles. The first-order valence-corrected chi connectivity index (χ1v) is 7.80. The van der Waals surface area contributed by atoms with Crippen LogP contribution < -0.4 is 0 Å². The molecule has 1 amide bonds. The van der Waals surface area contributed by atoms with E-state index < -0.39 is 5.97 Å². The monoisotopic (exact) mass is 323 g/mol. The van der Waals surface area contributed by atoms with Crippen molar-refractivity contribution in [1.82, 2.24) is 4.90 Å². The van der Waals surface area contributed by atoms with Crippen LogP contribution >= 0.6 is 11.6 Å². The van der Waals surface area contributed by atoms with Gasteiger partial charge in [-0.05, 0) is 24.0 Å². The lowest BCUT2D eigenvalue weighted by Gasteiger charge is -2.35. The SMILES string of the molecule is O=C(O)CC1COCCN1C(=O)C1CC1c1ccccc1Cl. The number of morpholine rings is 1. The fraction of sp³-hybridized carbons (Fsp3) is 0.500. The lowest BCUT2D eigenvalue weighted by atomic mass is 10.1. The van der Waals surface area contributed by atoms with Gasteiger partial charge in [-0.1, -0.05) is 29.8 Å². The van der Waals surface area contributed by atoms with Crippen molar-refractivity contribution in [3.05, 3.63) is 34.9 Å². The lowest BCUT2D eigenvalue weighted by Crippen LogP contribution is -2.50. The Morgan fingerprint density at radius 3 is 2.86 bits per heavy atom. The van der Waals surface area contributed by atoms with E-state index in [1.807, 2.05) is 24.3 Å². The van der Waals surface area contributed by atoms with Crippen molar-refractivity contribution in [2.24, 2.45) is 5.92 Å². The van der Waals surface area contributed by atoms with Crippen LogP contribution in [0.2, 0.25) is 5.02 Å². The topological polar surface area (TPSA) is 66.8 Å². The Morgan fingerprint density at radius 1 is 1.36 bits per heavy atom. The molecule has 1 aliphatic carbocycles. The highest BCUT2D eigenvalue weighted by molar-refractivity contribution is 6.31. The number of benzene rings is 1. The van der Waals surface area contributed by atoms with Gasteiger partial charge >= 0.3 is 5.97 Å². The summed E-state index contributed by atoms with van der Waals surface area (Å²) in [6.07, 6.45) is 0.703. The average molecular weight is 324 g/mol. The van der Waals surface area contributed by atoms with Crippen LogP contribution in [-0.4, -0.2) is 47.7 Å². The maximum atomic E-state index is 12.7. The molecule has 22 heavy (non-hydrogen) atoms. The molecule has 1 N–H and O–H groups in total. The van der Waals surface area contributed by atoms with Crippen molar-refractivity contribution >= 4 is 23.5 Å². The Balaban J connectivity index is 1.69. The van der Waals surface area contributed by atoms with E-state index in [-0.39, 0.29) is 30.2 Å². The van der Waals surface area contributed by atoms with E-state index in [4.69, 9.17) is 21.4 Å². The summed E-state index contributed by atoms with van der Waals surface area (Å²) in [5.74, 6) is -0.824. The Morgan fingerprint density at radius 2 is 2.14 bits per heavy atom. The van der Waals surface area contributed by atoms with Crippen LogP contribution in [0.25, 0.3) is 0 Å². The second kappa shape index (κ2) is 6.26. The number of aliphatic carboxylic acids is 1. The number of amides is 1. The second-order valence-electron chi connectivity index (χ2n) is 5.83. The highest BCUT2D eigenvalue weighted by atomic mass is 35.5. The first-order chi connectivity index (χ1) is 10.6. The standard InChI is InChI=1S/C16H18ClNO4/c17-14-4-2-1-3-11(14)12-8-13(12)16(21)18-5-6-22-9-10(18)7-15(19)20/h1-4,10,12-13H,5-9H2,(H,19,20). The number of hydrogen-bond acceptors (Lipinski definition) is 3. The third kappa shape index (κ3) is 3.10. The molecule has 118 valence electrons. The van der Waals surface area contributed by atoms with Crippen LogP contribution in [0, 0.1) is 5.92 Å². The van der Waals surface area contributed by atoms with Crippen LogP contribution in [0.3, 0.4) is 0 Å². The minimum atomic E-state index is -0.910. The van der Waals surface area contributed by atoms with Crippen molar-refractivity contribution in [1.29, 1.82) is 0 Å². The molecule has 2 aliphatic rings. The van der Waals surface area contributed by atoms with Gasteiger partial charge in [-0.2, -0.15) is 0 Å². The van der Waals surface area contributed by atoms with Crippen LogP contribution in [0.5, 0.6) is 0 Å². The Labute approximate surface area is 133 Å². The molecule has 0 bridgehead atoms. The number of halogens is 1. The molecule has 5 nitrogen and oxygen atoms in total. The van der Waals surface area contributed by atoms with Gasteiger partial charge in [0, 0.05) is 17.5 Å². The molecule has 2 fully saturated rings. The van der Waals surface area contributed by atoms with Gasteiger partial charge in [0.05, 0.1) is 25.7 Å². The van der Waals surface area contributed by atoms with Crippen molar-refractivity contribution in [2.75, 3.05) is 19.8 Å². The highest BCUT2D eigenvalue weighted by Crippen LogP contribution is 2.50. The summed E-state index contributed by atoms with van der Waals surface area (Å²) >= 11 is 6.19.